The van der Waals surface area contributed by atoms with Gasteiger partial charge in [-0.05, 0) is 57.5 Å². The van der Waals surface area contributed by atoms with Crippen molar-refractivity contribution in [3.63, 3.8) is 0 Å². The van der Waals surface area contributed by atoms with E-state index in [1.54, 1.807) is 32.1 Å². The summed E-state index contributed by atoms with van der Waals surface area (Å²) in [5.74, 6) is 0.356. The minimum absolute atomic E-state index is 0.00701. The zero-order valence-electron chi connectivity index (χ0n) is 20.8. The molecule has 1 atom stereocenters. The minimum Gasteiger partial charge on any atom is -0.504 e. The Hall–Kier alpha value is -3.85. The van der Waals surface area contributed by atoms with Gasteiger partial charge in [-0.15, -0.1) is 0 Å². The maximum absolute atomic E-state index is 13.8. The second kappa shape index (κ2) is 10.4. The molecule has 9 heteroatoms. The predicted octanol–water partition coefficient (Wildman–Crippen LogP) is 3.30. The maximum atomic E-state index is 13.8. The molecule has 1 aliphatic rings. The monoisotopic (exact) mass is 508 g/mol. The van der Waals surface area contributed by atoms with Crippen LogP contribution in [0.1, 0.15) is 44.9 Å². The second-order valence-electron chi connectivity index (χ2n) is 8.44. The Balaban J connectivity index is 1.97. The summed E-state index contributed by atoms with van der Waals surface area (Å²) in [5, 5.41) is 9.91. The van der Waals surface area contributed by atoms with Crippen LogP contribution in [-0.2, 0) is 9.53 Å². The molecule has 0 radical (unpaired) electrons. The summed E-state index contributed by atoms with van der Waals surface area (Å²) in [5.41, 5.74) is 1.82. The predicted molar refractivity (Wildman–Crippen MR) is 137 cm³/mol. The van der Waals surface area contributed by atoms with Crippen LogP contribution >= 0.6 is 11.3 Å². The molecule has 36 heavy (non-hydrogen) atoms. The normalized spacial score (nSPS) is 15.5. The number of ether oxygens (including phenoxy) is 3. The van der Waals surface area contributed by atoms with Crippen LogP contribution in [0.25, 0.3) is 6.08 Å². The SMILES string of the molecule is CCOC(=O)C1=C(C)N=c2s/c(=C/c3ccc(O)c(OC)c3)c(=O)n2[C@H]1c1ccccc1OC(C)C. The standard InChI is InChI=1S/C27H28N2O6S/c1-6-34-26(32)23-16(4)28-27-29(24(23)18-9-7-8-10-20(18)35-15(2)3)25(31)22(36-27)14-17-11-12-19(30)21(13-17)33-5/h7-15,24,30H,6H2,1-5H3/b22-14+/t24-/m0/s1. The van der Waals surface area contributed by atoms with Gasteiger partial charge in [0, 0.05) is 5.56 Å². The fourth-order valence-electron chi connectivity index (χ4n) is 4.09. The van der Waals surface area contributed by atoms with Gasteiger partial charge in [0.05, 0.1) is 35.6 Å². The van der Waals surface area contributed by atoms with Gasteiger partial charge in [-0.25, -0.2) is 9.79 Å². The van der Waals surface area contributed by atoms with Crippen LogP contribution in [0.2, 0.25) is 0 Å². The van der Waals surface area contributed by atoms with Crippen LogP contribution in [0.4, 0.5) is 0 Å². The number of allylic oxidation sites excluding steroid dienone is 1. The van der Waals surface area contributed by atoms with E-state index >= 15 is 0 Å². The Morgan fingerprint density at radius 1 is 1.22 bits per heavy atom. The third kappa shape index (κ3) is 4.79. The number of phenolic OH excluding ortho intramolecular Hbond substituents is 1. The van der Waals surface area contributed by atoms with Crippen LogP contribution < -0.4 is 24.4 Å². The lowest BCUT2D eigenvalue weighted by Crippen LogP contribution is -2.40. The van der Waals surface area contributed by atoms with E-state index < -0.39 is 12.0 Å². The quantitative estimate of drug-likeness (QED) is 0.492. The van der Waals surface area contributed by atoms with Crippen LogP contribution in [0.15, 0.2) is 63.5 Å². The van der Waals surface area contributed by atoms with Crippen molar-refractivity contribution in [1.29, 1.82) is 0 Å². The minimum atomic E-state index is -0.772. The number of thiazole rings is 1. The summed E-state index contributed by atoms with van der Waals surface area (Å²) in [6, 6.07) is 11.4. The first-order valence-corrected chi connectivity index (χ1v) is 12.4. The van der Waals surface area contributed by atoms with Crippen molar-refractivity contribution in [1.82, 2.24) is 4.57 Å². The van der Waals surface area contributed by atoms with Gasteiger partial charge in [0.15, 0.2) is 16.3 Å². The number of phenols is 1. The summed E-state index contributed by atoms with van der Waals surface area (Å²) in [4.78, 5) is 32.0. The number of nitrogens with zero attached hydrogens (tertiary/aromatic N) is 2. The molecule has 4 rings (SSSR count). The highest BCUT2D eigenvalue weighted by molar-refractivity contribution is 7.07. The number of hydrogen-bond acceptors (Lipinski definition) is 8. The number of carbonyl (C=O) groups excluding carboxylic acids is 1. The van der Waals surface area contributed by atoms with Crippen molar-refractivity contribution in [3.05, 3.63) is 84.5 Å². The topological polar surface area (TPSA) is 99.4 Å². The molecule has 1 N–H and O–H groups in total. The molecule has 0 aliphatic carbocycles. The zero-order chi connectivity index (χ0) is 26.0. The van der Waals surface area contributed by atoms with E-state index in [9.17, 15) is 14.7 Å². The Morgan fingerprint density at radius 2 is 1.97 bits per heavy atom. The Kier molecular flexibility index (Phi) is 7.30. The molecular formula is C27H28N2O6S. The molecule has 0 spiro atoms. The molecule has 1 aromatic heterocycles. The summed E-state index contributed by atoms with van der Waals surface area (Å²) in [6.07, 6.45) is 1.60. The van der Waals surface area contributed by atoms with Crippen molar-refractivity contribution >= 4 is 23.4 Å². The number of aromatic hydroxyl groups is 1. The number of esters is 1. The second-order valence-corrected chi connectivity index (χ2v) is 9.45. The molecule has 0 fully saturated rings. The molecule has 3 aromatic rings. The van der Waals surface area contributed by atoms with Crippen molar-refractivity contribution in [3.8, 4) is 17.2 Å². The number of aromatic nitrogens is 1. The lowest BCUT2D eigenvalue weighted by atomic mass is 9.95. The maximum Gasteiger partial charge on any atom is 0.338 e. The van der Waals surface area contributed by atoms with E-state index in [1.807, 2.05) is 38.1 Å². The Bertz CT molecular complexity index is 1520. The van der Waals surface area contributed by atoms with Crippen LogP contribution in [0, 0.1) is 0 Å². The van der Waals surface area contributed by atoms with Gasteiger partial charge in [-0.2, -0.15) is 0 Å². The third-order valence-electron chi connectivity index (χ3n) is 5.59. The number of para-hydroxylation sites is 1. The molecule has 1 aliphatic heterocycles. The first kappa shape index (κ1) is 25.2. The summed E-state index contributed by atoms with van der Waals surface area (Å²) < 4.78 is 18.6. The lowest BCUT2D eigenvalue weighted by Gasteiger charge is -2.26. The largest absolute Gasteiger partial charge is 0.504 e. The van der Waals surface area contributed by atoms with Crippen molar-refractivity contribution in [2.75, 3.05) is 13.7 Å². The van der Waals surface area contributed by atoms with Gasteiger partial charge in [0.1, 0.15) is 11.8 Å². The van der Waals surface area contributed by atoms with Crippen molar-refractivity contribution < 1.29 is 24.1 Å². The molecular weight excluding hydrogens is 480 g/mol. The molecule has 2 heterocycles. The molecule has 8 nitrogen and oxygen atoms in total. The van der Waals surface area contributed by atoms with Crippen LogP contribution in [-0.4, -0.2) is 35.5 Å². The molecule has 0 amide bonds. The molecule has 0 saturated heterocycles. The first-order chi connectivity index (χ1) is 17.2. The van der Waals surface area contributed by atoms with Gasteiger partial charge < -0.3 is 19.3 Å². The van der Waals surface area contributed by atoms with E-state index in [4.69, 9.17) is 14.2 Å². The molecule has 0 saturated carbocycles. The van der Waals surface area contributed by atoms with E-state index in [0.717, 1.165) is 0 Å². The van der Waals surface area contributed by atoms with E-state index in [0.29, 0.717) is 43.2 Å². The average molecular weight is 509 g/mol. The Morgan fingerprint density at radius 3 is 2.67 bits per heavy atom. The number of carbonyl (C=O) groups is 1. The Labute approximate surface area is 212 Å². The van der Waals surface area contributed by atoms with Crippen molar-refractivity contribution in [2.24, 2.45) is 4.99 Å². The summed E-state index contributed by atoms with van der Waals surface area (Å²) in [7, 11) is 1.46. The number of rotatable bonds is 7. The van der Waals surface area contributed by atoms with Crippen molar-refractivity contribution in [2.45, 2.75) is 39.8 Å². The van der Waals surface area contributed by atoms with E-state index in [1.165, 1.54) is 29.1 Å². The van der Waals surface area contributed by atoms with Gasteiger partial charge in [-0.3, -0.25) is 9.36 Å². The molecule has 188 valence electrons. The average Bonchev–Trinajstić information content (AvgIpc) is 3.14. The van der Waals surface area contributed by atoms with Gasteiger partial charge >= 0.3 is 5.97 Å². The summed E-state index contributed by atoms with van der Waals surface area (Å²) >= 11 is 1.22. The molecule has 2 aromatic carbocycles. The van der Waals surface area contributed by atoms with Gasteiger partial charge in [0.2, 0.25) is 0 Å². The smallest absolute Gasteiger partial charge is 0.338 e. The number of benzene rings is 2. The number of methoxy groups -OCH3 is 1. The lowest BCUT2D eigenvalue weighted by molar-refractivity contribution is -0.139. The first-order valence-electron chi connectivity index (χ1n) is 11.6. The van der Waals surface area contributed by atoms with Gasteiger partial charge in [-0.1, -0.05) is 35.6 Å². The fraction of sp³-hybridized carbons (Fsp3) is 0.296. The van der Waals surface area contributed by atoms with E-state index in [2.05, 4.69) is 4.99 Å². The van der Waals surface area contributed by atoms with E-state index in [-0.39, 0.29) is 24.0 Å². The number of hydrogen-bond donors (Lipinski definition) is 1. The molecule has 0 unspecified atom stereocenters. The molecule has 0 bridgehead atoms. The van der Waals surface area contributed by atoms with Gasteiger partial charge in [0.25, 0.3) is 5.56 Å². The number of fused-ring (bicyclic) bond motifs is 1. The highest BCUT2D eigenvalue weighted by Gasteiger charge is 2.35. The van der Waals surface area contributed by atoms with Crippen LogP contribution in [0.3, 0.4) is 0 Å². The highest BCUT2D eigenvalue weighted by Crippen LogP contribution is 2.36. The van der Waals surface area contributed by atoms with Crippen LogP contribution in [0.5, 0.6) is 17.2 Å². The fourth-order valence-corrected chi connectivity index (χ4v) is 5.14. The summed E-state index contributed by atoms with van der Waals surface area (Å²) in [6.45, 7) is 7.51. The third-order valence-corrected chi connectivity index (χ3v) is 6.58. The highest BCUT2D eigenvalue weighted by atomic mass is 32.1. The zero-order valence-corrected chi connectivity index (χ0v) is 21.6.